The summed E-state index contributed by atoms with van der Waals surface area (Å²) in [5.74, 6) is -0.858. The number of carbonyl (C=O) groups excluding carboxylic acids is 3. The third-order valence-corrected chi connectivity index (χ3v) is 4.61. The second kappa shape index (κ2) is 8.85. The van der Waals surface area contributed by atoms with Crippen molar-refractivity contribution in [3.8, 4) is 0 Å². The smallest absolute Gasteiger partial charge is 0.243 e. The normalized spacial score (nSPS) is 15.5. The minimum Gasteiger partial charge on any atom is -0.345 e. The molecular weight excluding hydrogens is 342 g/mol. The molecular formula is C18H24ClN3O3. The molecule has 136 valence electrons. The molecule has 1 atom stereocenters. The van der Waals surface area contributed by atoms with Crippen LogP contribution in [0.3, 0.4) is 0 Å². The molecule has 1 aromatic carbocycles. The highest BCUT2D eigenvalue weighted by molar-refractivity contribution is 6.33. The molecule has 0 bridgehead atoms. The van der Waals surface area contributed by atoms with Gasteiger partial charge in [-0.1, -0.05) is 30.5 Å². The van der Waals surface area contributed by atoms with E-state index >= 15 is 0 Å². The predicted octanol–water partition coefficient (Wildman–Crippen LogP) is 2.40. The molecule has 3 amide bonds. The lowest BCUT2D eigenvalue weighted by Crippen LogP contribution is -2.48. The molecule has 0 aromatic heterocycles. The topological polar surface area (TPSA) is 87.3 Å². The van der Waals surface area contributed by atoms with Crippen molar-refractivity contribution >= 4 is 35.0 Å². The van der Waals surface area contributed by atoms with Crippen LogP contribution in [0.25, 0.3) is 0 Å². The summed E-state index contributed by atoms with van der Waals surface area (Å²) in [6, 6.07) is 4.61. The van der Waals surface area contributed by atoms with Crippen LogP contribution < -0.4 is 16.0 Å². The molecule has 0 spiro atoms. The summed E-state index contributed by atoms with van der Waals surface area (Å²) >= 11 is 6.06. The molecule has 1 aromatic rings. The van der Waals surface area contributed by atoms with Crippen LogP contribution in [0.15, 0.2) is 18.2 Å². The van der Waals surface area contributed by atoms with E-state index in [1.165, 1.54) is 0 Å². The number of rotatable bonds is 6. The van der Waals surface area contributed by atoms with Crippen molar-refractivity contribution in [2.24, 2.45) is 5.92 Å². The Balaban J connectivity index is 1.76. The number of nitrogens with one attached hydrogen (secondary N) is 3. The Bertz CT molecular complexity index is 657. The lowest BCUT2D eigenvalue weighted by atomic mass is 10.1. The number of amides is 3. The van der Waals surface area contributed by atoms with Crippen molar-refractivity contribution in [1.82, 2.24) is 10.6 Å². The monoisotopic (exact) mass is 365 g/mol. The van der Waals surface area contributed by atoms with Crippen molar-refractivity contribution in [2.75, 3.05) is 11.9 Å². The lowest BCUT2D eigenvalue weighted by molar-refractivity contribution is -0.131. The third-order valence-electron chi connectivity index (χ3n) is 4.30. The standard InChI is InChI=1S/C18H24ClN3O3/c1-11-7-8-15(14(19)9-11)22-16(23)10-20-17(24)12(2)21-18(25)13-5-3-4-6-13/h7-9,12-13H,3-6,10H2,1-2H3,(H,20,24)(H,21,25)(H,22,23). The van der Waals surface area contributed by atoms with Gasteiger partial charge in [-0.3, -0.25) is 14.4 Å². The first-order chi connectivity index (χ1) is 11.9. The fourth-order valence-corrected chi connectivity index (χ4v) is 3.10. The second-order valence-electron chi connectivity index (χ2n) is 6.46. The van der Waals surface area contributed by atoms with Crippen molar-refractivity contribution in [2.45, 2.75) is 45.6 Å². The minimum absolute atomic E-state index is 0.00206. The van der Waals surface area contributed by atoms with Gasteiger partial charge in [-0.05, 0) is 44.4 Å². The van der Waals surface area contributed by atoms with Gasteiger partial charge in [0.05, 0.1) is 17.3 Å². The van der Waals surface area contributed by atoms with Crippen molar-refractivity contribution in [1.29, 1.82) is 0 Å². The quantitative estimate of drug-likeness (QED) is 0.723. The van der Waals surface area contributed by atoms with E-state index in [1.54, 1.807) is 19.1 Å². The van der Waals surface area contributed by atoms with Crippen LogP contribution in [0.1, 0.15) is 38.2 Å². The number of benzene rings is 1. The van der Waals surface area contributed by atoms with Gasteiger partial charge in [-0.15, -0.1) is 0 Å². The maximum Gasteiger partial charge on any atom is 0.243 e. The highest BCUT2D eigenvalue weighted by atomic mass is 35.5. The van der Waals surface area contributed by atoms with Gasteiger partial charge in [-0.2, -0.15) is 0 Å². The molecule has 2 rings (SSSR count). The maximum absolute atomic E-state index is 12.0. The molecule has 0 radical (unpaired) electrons. The number of halogens is 1. The fourth-order valence-electron chi connectivity index (χ4n) is 2.82. The molecule has 3 N–H and O–H groups in total. The predicted molar refractivity (Wildman–Crippen MR) is 97.4 cm³/mol. The fraction of sp³-hybridized carbons (Fsp3) is 0.500. The average Bonchev–Trinajstić information content (AvgIpc) is 3.09. The van der Waals surface area contributed by atoms with Crippen molar-refractivity contribution < 1.29 is 14.4 Å². The van der Waals surface area contributed by atoms with Crippen molar-refractivity contribution in [3.63, 3.8) is 0 Å². The third kappa shape index (κ3) is 5.74. The summed E-state index contributed by atoms with van der Waals surface area (Å²) in [6.45, 7) is 3.32. The van der Waals surface area contributed by atoms with Crippen LogP contribution in [0.5, 0.6) is 0 Å². The second-order valence-corrected chi connectivity index (χ2v) is 6.87. The zero-order valence-corrected chi connectivity index (χ0v) is 15.3. The van der Waals surface area contributed by atoms with Gasteiger partial charge in [-0.25, -0.2) is 0 Å². The van der Waals surface area contributed by atoms with Crippen LogP contribution in [0.2, 0.25) is 5.02 Å². The molecule has 1 saturated carbocycles. The molecule has 0 aliphatic heterocycles. The Hall–Kier alpha value is -2.08. The van der Waals surface area contributed by atoms with Gasteiger partial charge in [0.15, 0.2) is 0 Å². The van der Waals surface area contributed by atoms with E-state index in [9.17, 15) is 14.4 Å². The lowest BCUT2D eigenvalue weighted by Gasteiger charge is -2.16. The average molecular weight is 366 g/mol. The summed E-state index contributed by atoms with van der Waals surface area (Å²) in [5.41, 5.74) is 1.48. The molecule has 1 aliphatic rings. The Morgan fingerprint density at radius 2 is 1.92 bits per heavy atom. The molecule has 1 fully saturated rings. The number of hydrogen-bond donors (Lipinski definition) is 3. The number of carbonyl (C=O) groups is 3. The first kappa shape index (κ1) is 19.2. The van der Waals surface area contributed by atoms with Crippen LogP contribution in [-0.4, -0.2) is 30.3 Å². The van der Waals surface area contributed by atoms with Crippen LogP contribution >= 0.6 is 11.6 Å². The van der Waals surface area contributed by atoms with Gasteiger partial charge in [0, 0.05) is 5.92 Å². The Kier molecular flexibility index (Phi) is 6.82. The van der Waals surface area contributed by atoms with E-state index in [0.29, 0.717) is 10.7 Å². The SMILES string of the molecule is Cc1ccc(NC(=O)CNC(=O)C(C)NC(=O)C2CCCC2)c(Cl)c1. The molecule has 7 heteroatoms. The minimum atomic E-state index is -0.677. The van der Waals surface area contributed by atoms with E-state index in [0.717, 1.165) is 31.2 Å². The van der Waals surface area contributed by atoms with Gasteiger partial charge in [0.1, 0.15) is 6.04 Å². The zero-order chi connectivity index (χ0) is 18.4. The molecule has 0 saturated heterocycles. The van der Waals surface area contributed by atoms with E-state index in [2.05, 4.69) is 16.0 Å². The molecule has 6 nitrogen and oxygen atoms in total. The molecule has 1 aliphatic carbocycles. The van der Waals surface area contributed by atoms with Gasteiger partial charge in [0.25, 0.3) is 0 Å². The van der Waals surface area contributed by atoms with E-state index in [1.807, 2.05) is 13.0 Å². The summed E-state index contributed by atoms with van der Waals surface area (Å²) in [4.78, 5) is 36.0. The Morgan fingerprint density at radius 3 is 2.56 bits per heavy atom. The van der Waals surface area contributed by atoms with Crippen LogP contribution in [-0.2, 0) is 14.4 Å². The van der Waals surface area contributed by atoms with E-state index in [-0.39, 0.29) is 24.3 Å². The highest BCUT2D eigenvalue weighted by Gasteiger charge is 2.25. The Morgan fingerprint density at radius 1 is 1.24 bits per heavy atom. The Labute approximate surface area is 152 Å². The van der Waals surface area contributed by atoms with Gasteiger partial charge >= 0.3 is 0 Å². The zero-order valence-electron chi connectivity index (χ0n) is 14.5. The summed E-state index contributed by atoms with van der Waals surface area (Å²) in [6.07, 6.45) is 3.86. The largest absolute Gasteiger partial charge is 0.345 e. The molecule has 0 heterocycles. The number of anilines is 1. The first-order valence-corrected chi connectivity index (χ1v) is 8.88. The number of hydrogen-bond acceptors (Lipinski definition) is 3. The summed E-state index contributed by atoms with van der Waals surface area (Å²) in [7, 11) is 0. The van der Waals surface area contributed by atoms with E-state index in [4.69, 9.17) is 11.6 Å². The maximum atomic E-state index is 12.0. The molecule has 25 heavy (non-hydrogen) atoms. The van der Waals surface area contributed by atoms with Gasteiger partial charge in [0.2, 0.25) is 17.7 Å². The van der Waals surface area contributed by atoms with Crippen LogP contribution in [0.4, 0.5) is 5.69 Å². The molecule has 1 unspecified atom stereocenters. The first-order valence-electron chi connectivity index (χ1n) is 8.51. The van der Waals surface area contributed by atoms with E-state index < -0.39 is 11.9 Å². The highest BCUT2D eigenvalue weighted by Crippen LogP contribution is 2.24. The number of aryl methyl sites for hydroxylation is 1. The summed E-state index contributed by atoms with van der Waals surface area (Å²) < 4.78 is 0. The van der Waals surface area contributed by atoms with Gasteiger partial charge < -0.3 is 16.0 Å². The van der Waals surface area contributed by atoms with Crippen LogP contribution in [0, 0.1) is 12.8 Å². The summed E-state index contributed by atoms with van der Waals surface area (Å²) in [5, 5.41) is 8.31. The van der Waals surface area contributed by atoms with Crippen molar-refractivity contribution in [3.05, 3.63) is 28.8 Å².